The predicted octanol–water partition coefficient (Wildman–Crippen LogP) is 3.81. The first-order valence-corrected chi connectivity index (χ1v) is 11.8. The summed E-state index contributed by atoms with van der Waals surface area (Å²) < 4.78 is 47.6. The fourth-order valence-electron chi connectivity index (χ4n) is 3.68. The van der Waals surface area contributed by atoms with Gasteiger partial charge in [0.2, 0.25) is 10.0 Å². The normalized spacial score (nSPS) is 19.2. The van der Waals surface area contributed by atoms with Crippen LogP contribution in [0.4, 0.5) is 4.39 Å². The van der Waals surface area contributed by atoms with Gasteiger partial charge in [-0.15, -0.1) is 0 Å². The lowest BCUT2D eigenvalue weighted by Gasteiger charge is -2.23. The molecule has 1 saturated heterocycles. The minimum atomic E-state index is -3.70. The maximum Gasteiger partial charge on any atom is 0.219 e. The molecule has 2 atom stereocenters. The predicted molar refractivity (Wildman–Crippen MR) is 120 cm³/mol. The van der Waals surface area contributed by atoms with Crippen molar-refractivity contribution >= 4 is 10.0 Å². The number of ether oxygens (including phenoxy) is 1. The Kier molecular flexibility index (Phi) is 6.86. The maximum absolute atomic E-state index is 13.1. The van der Waals surface area contributed by atoms with E-state index in [1.807, 2.05) is 54.6 Å². The van der Waals surface area contributed by atoms with E-state index in [0.29, 0.717) is 17.9 Å². The lowest BCUT2D eigenvalue weighted by atomic mass is 10.0. The van der Waals surface area contributed by atoms with E-state index in [1.165, 1.54) is 12.1 Å². The molecule has 3 aromatic rings. The molecule has 3 aromatic carbocycles. The number of sulfonamides is 1. The molecule has 8 heteroatoms. The van der Waals surface area contributed by atoms with Gasteiger partial charge in [0.1, 0.15) is 23.4 Å². The Hall–Kier alpha value is -2.78. The Morgan fingerprint density at radius 3 is 2.38 bits per heavy atom. The number of nitrogens with zero attached hydrogens (tertiary/aromatic N) is 1. The molecule has 32 heavy (non-hydrogen) atoms. The molecule has 0 spiro atoms. The quantitative estimate of drug-likeness (QED) is 0.558. The van der Waals surface area contributed by atoms with E-state index in [0.717, 1.165) is 11.1 Å². The van der Waals surface area contributed by atoms with Crippen LogP contribution in [0.2, 0.25) is 0 Å². The molecule has 6 nitrogen and oxygen atoms in total. The third-order valence-corrected chi connectivity index (χ3v) is 7.18. The topological polar surface area (TPSA) is 67.9 Å². The van der Waals surface area contributed by atoms with Crippen molar-refractivity contribution in [1.82, 2.24) is 9.79 Å². The maximum atomic E-state index is 13.1. The molecule has 1 aliphatic heterocycles. The first kappa shape index (κ1) is 22.4. The third kappa shape index (κ3) is 5.34. The molecule has 1 N–H and O–H groups in total. The summed E-state index contributed by atoms with van der Waals surface area (Å²) in [7, 11) is -1.97. The number of hydrogen-bond acceptors (Lipinski definition) is 5. The molecular formula is C24H25FN2O4S. The van der Waals surface area contributed by atoms with Gasteiger partial charge in [-0.2, -0.15) is 5.06 Å². The second kappa shape index (κ2) is 9.79. The van der Waals surface area contributed by atoms with Gasteiger partial charge in [0.25, 0.3) is 0 Å². The van der Waals surface area contributed by atoms with Crippen LogP contribution in [0.3, 0.4) is 0 Å². The number of benzene rings is 3. The molecular weight excluding hydrogens is 431 g/mol. The number of hydrogen-bond donors (Lipinski definition) is 1. The Labute approximate surface area is 187 Å². The zero-order valence-electron chi connectivity index (χ0n) is 17.6. The van der Waals surface area contributed by atoms with Crippen molar-refractivity contribution < 1.29 is 22.4 Å². The van der Waals surface area contributed by atoms with Gasteiger partial charge in [0.05, 0.1) is 12.6 Å². The molecule has 1 fully saturated rings. The van der Waals surface area contributed by atoms with Gasteiger partial charge < -0.3 is 4.74 Å². The second-order valence-electron chi connectivity index (χ2n) is 7.66. The van der Waals surface area contributed by atoms with Crippen LogP contribution in [0, 0.1) is 5.82 Å². The van der Waals surface area contributed by atoms with Crippen LogP contribution < -0.4 is 9.46 Å². The summed E-state index contributed by atoms with van der Waals surface area (Å²) in [5.41, 5.74) is 2.56. The van der Waals surface area contributed by atoms with Crippen LogP contribution >= 0.6 is 0 Å². The van der Waals surface area contributed by atoms with Crippen LogP contribution in [0.5, 0.6) is 5.75 Å². The molecule has 0 bridgehead atoms. The van der Waals surface area contributed by atoms with Gasteiger partial charge in [0.15, 0.2) is 0 Å². The highest BCUT2D eigenvalue weighted by atomic mass is 32.2. The Balaban J connectivity index is 1.43. The average Bonchev–Trinajstić information content (AvgIpc) is 3.21. The number of rotatable bonds is 8. The highest BCUT2D eigenvalue weighted by Crippen LogP contribution is 2.34. The van der Waals surface area contributed by atoms with Crippen LogP contribution in [0.15, 0.2) is 78.9 Å². The van der Waals surface area contributed by atoms with Gasteiger partial charge in [-0.1, -0.05) is 54.6 Å². The summed E-state index contributed by atoms with van der Waals surface area (Å²) in [5.74, 6) is 0.340. The zero-order chi connectivity index (χ0) is 22.6. The van der Waals surface area contributed by atoms with Gasteiger partial charge in [-0.05, 0) is 41.0 Å². The molecule has 4 rings (SSSR count). The van der Waals surface area contributed by atoms with Crippen LogP contribution in [-0.4, -0.2) is 32.4 Å². The molecule has 1 heterocycles. The smallest absolute Gasteiger partial charge is 0.219 e. The summed E-state index contributed by atoms with van der Waals surface area (Å²) in [4.78, 5) is 5.56. The summed E-state index contributed by atoms with van der Waals surface area (Å²) in [6, 6.07) is 22.5. The average molecular weight is 457 g/mol. The van der Waals surface area contributed by atoms with E-state index in [1.54, 1.807) is 24.2 Å². The standard InChI is InChI=1S/C24H25FN2O4S/c1-27-24(20-9-13-22(14-10-20)30-16-19-5-3-2-4-6-19)23(17-31-27)32(28,29)26-15-18-7-11-21(25)12-8-18/h2-14,23-24,26H,15-17H2,1H3/t23-,24+/m0/s1. The Bertz CT molecular complexity index is 1120. The van der Waals surface area contributed by atoms with Crippen LogP contribution in [-0.2, 0) is 28.0 Å². The van der Waals surface area contributed by atoms with Gasteiger partial charge >= 0.3 is 0 Å². The van der Waals surface area contributed by atoms with Crippen LogP contribution in [0.25, 0.3) is 0 Å². The molecule has 1 aliphatic rings. The SMILES string of the molecule is CN1OC[C@H](S(=O)(=O)NCc2ccc(F)cc2)[C@H]1c1ccc(OCc2ccccc2)cc1. The molecule has 0 aromatic heterocycles. The summed E-state index contributed by atoms with van der Waals surface area (Å²) >= 11 is 0. The van der Waals surface area contributed by atoms with Crippen molar-refractivity contribution in [1.29, 1.82) is 0 Å². The first-order valence-electron chi connectivity index (χ1n) is 10.3. The Morgan fingerprint density at radius 1 is 1.00 bits per heavy atom. The summed E-state index contributed by atoms with van der Waals surface area (Å²) in [6.45, 7) is 0.588. The van der Waals surface area contributed by atoms with Gasteiger partial charge in [-0.25, -0.2) is 17.5 Å². The lowest BCUT2D eigenvalue weighted by Crippen LogP contribution is -2.39. The van der Waals surface area contributed by atoms with E-state index in [4.69, 9.17) is 9.57 Å². The van der Waals surface area contributed by atoms with Crippen molar-refractivity contribution in [3.63, 3.8) is 0 Å². The first-order chi connectivity index (χ1) is 15.4. The second-order valence-corrected chi connectivity index (χ2v) is 9.65. The number of halogens is 1. The summed E-state index contributed by atoms with van der Waals surface area (Å²) in [6.07, 6.45) is 0. The van der Waals surface area contributed by atoms with Crippen LogP contribution in [0.1, 0.15) is 22.7 Å². The molecule has 168 valence electrons. The monoisotopic (exact) mass is 456 g/mol. The van der Waals surface area contributed by atoms with E-state index in [2.05, 4.69) is 4.72 Å². The highest BCUT2D eigenvalue weighted by molar-refractivity contribution is 7.90. The summed E-state index contributed by atoms with van der Waals surface area (Å²) in [5, 5.41) is 0.783. The van der Waals surface area contributed by atoms with E-state index in [-0.39, 0.29) is 19.0 Å². The van der Waals surface area contributed by atoms with Crippen molar-refractivity contribution in [2.75, 3.05) is 13.7 Å². The number of hydroxylamine groups is 2. The zero-order valence-corrected chi connectivity index (χ0v) is 18.5. The molecule has 0 unspecified atom stereocenters. The van der Waals surface area contributed by atoms with E-state index in [9.17, 15) is 12.8 Å². The molecule has 0 saturated carbocycles. The fourth-order valence-corrected chi connectivity index (χ4v) is 5.17. The van der Waals surface area contributed by atoms with E-state index < -0.39 is 21.3 Å². The third-order valence-electron chi connectivity index (χ3n) is 5.45. The van der Waals surface area contributed by atoms with Gasteiger partial charge in [-0.3, -0.25) is 4.84 Å². The van der Waals surface area contributed by atoms with Gasteiger partial charge in [0, 0.05) is 13.6 Å². The highest BCUT2D eigenvalue weighted by Gasteiger charge is 2.43. The van der Waals surface area contributed by atoms with Crippen molar-refractivity contribution in [2.24, 2.45) is 0 Å². The molecule has 0 radical (unpaired) electrons. The minimum Gasteiger partial charge on any atom is -0.489 e. The molecule has 0 amide bonds. The lowest BCUT2D eigenvalue weighted by molar-refractivity contribution is -0.110. The van der Waals surface area contributed by atoms with Crippen molar-refractivity contribution in [2.45, 2.75) is 24.4 Å². The largest absolute Gasteiger partial charge is 0.489 e. The number of nitrogens with one attached hydrogen (secondary N) is 1. The Morgan fingerprint density at radius 2 is 1.69 bits per heavy atom. The van der Waals surface area contributed by atoms with E-state index >= 15 is 0 Å². The van der Waals surface area contributed by atoms with Crippen molar-refractivity contribution in [3.8, 4) is 5.75 Å². The minimum absolute atomic E-state index is 0.0478. The molecule has 0 aliphatic carbocycles. The fraction of sp³-hybridized carbons (Fsp3) is 0.250. The van der Waals surface area contributed by atoms with Crippen molar-refractivity contribution in [3.05, 3.63) is 101 Å².